The molecule has 0 aromatic rings. The second-order valence-electron chi connectivity index (χ2n) is 4.14. The highest BCUT2D eigenvalue weighted by Gasteiger charge is 2.17. The van der Waals surface area contributed by atoms with Crippen molar-refractivity contribution in [2.75, 3.05) is 20.1 Å². The Morgan fingerprint density at radius 3 is 2.42 bits per heavy atom. The molecule has 1 atom stereocenters. The molecule has 2 N–H and O–H groups in total. The number of hydrogen-bond donors (Lipinski definition) is 1. The van der Waals surface area contributed by atoms with Gasteiger partial charge in [0.25, 0.3) is 0 Å². The molecule has 0 bridgehead atoms. The Kier molecular flexibility index (Phi) is 4.50. The van der Waals surface area contributed by atoms with Gasteiger partial charge in [-0.25, -0.2) is 0 Å². The molecule has 0 aromatic carbocycles. The molecule has 0 saturated heterocycles. The van der Waals surface area contributed by atoms with Gasteiger partial charge in [0.1, 0.15) is 0 Å². The third-order valence-corrected chi connectivity index (χ3v) is 1.98. The second kappa shape index (κ2) is 4.63. The van der Waals surface area contributed by atoms with Crippen molar-refractivity contribution < 1.29 is 0 Å². The predicted molar refractivity (Wildman–Crippen MR) is 55.2 cm³/mol. The van der Waals surface area contributed by atoms with Crippen LogP contribution in [0.1, 0.15) is 27.2 Å². The van der Waals surface area contributed by atoms with Crippen molar-refractivity contribution in [1.82, 2.24) is 4.90 Å². The minimum atomic E-state index is -0.0653. The molecular weight excluding hydrogens is 148 g/mol. The number of nitrogens with two attached hydrogens (primary N) is 1. The summed E-state index contributed by atoms with van der Waals surface area (Å²) in [5.74, 6) is 0. The largest absolute Gasteiger partial charge is 0.324 e. The van der Waals surface area contributed by atoms with Gasteiger partial charge in [0, 0.05) is 18.6 Å². The van der Waals surface area contributed by atoms with Crippen molar-refractivity contribution in [1.29, 1.82) is 0 Å². The molecule has 0 radical (unpaired) electrons. The fraction of sp³-hybridized carbons (Fsp3) is 0.800. The van der Waals surface area contributed by atoms with Crippen LogP contribution in [0.4, 0.5) is 0 Å². The third kappa shape index (κ3) is 5.33. The van der Waals surface area contributed by atoms with Gasteiger partial charge in [0.15, 0.2) is 0 Å². The summed E-state index contributed by atoms with van der Waals surface area (Å²) in [6, 6.07) is 0. The minimum Gasteiger partial charge on any atom is -0.324 e. The lowest BCUT2D eigenvalue weighted by Gasteiger charge is -2.29. The van der Waals surface area contributed by atoms with E-state index in [9.17, 15) is 0 Å². The van der Waals surface area contributed by atoms with Crippen LogP contribution in [0, 0.1) is 0 Å². The Morgan fingerprint density at radius 2 is 2.08 bits per heavy atom. The highest BCUT2D eigenvalue weighted by molar-refractivity contribution is 4.93. The molecule has 0 fully saturated rings. The van der Waals surface area contributed by atoms with Crippen LogP contribution in [0.3, 0.4) is 0 Å². The van der Waals surface area contributed by atoms with E-state index in [2.05, 4.69) is 32.4 Å². The SMILES string of the molecule is C=C(C)CN(C)CC(C)(N)CC. The molecule has 72 valence electrons. The molecule has 2 nitrogen and oxygen atoms in total. The highest BCUT2D eigenvalue weighted by Crippen LogP contribution is 2.07. The van der Waals surface area contributed by atoms with Crippen LogP contribution in [0.2, 0.25) is 0 Å². The molecule has 2 heteroatoms. The predicted octanol–water partition coefficient (Wildman–Crippen LogP) is 1.62. The van der Waals surface area contributed by atoms with Gasteiger partial charge in [-0.2, -0.15) is 0 Å². The van der Waals surface area contributed by atoms with Gasteiger partial charge in [0.2, 0.25) is 0 Å². The first-order valence-corrected chi connectivity index (χ1v) is 4.49. The smallest absolute Gasteiger partial charge is 0.0252 e. The monoisotopic (exact) mass is 170 g/mol. The van der Waals surface area contributed by atoms with E-state index in [0.29, 0.717) is 0 Å². The van der Waals surface area contributed by atoms with Gasteiger partial charge < -0.3 is 10.6 Å². The van der Waals surface area contributed by atoms with Crippen LogP contribution in [0.25, 0.3) is 0 Å². The Labute approximate surface area is 76.4 Å². The van der Waals surface area contributed by atoms with Gasteiger partial charge >= 0.3 is 0 Å². The van der Waals surface area contributed by atoms with Gasteiger partial charge in [-0.3, -0.25) is 0 Å². The summed E-state index contributed by atoms with van der Waals surface area (Å²) >= 11 is 0. The maximum Gasteiger partial charge on any atom is 0.0252 e. The molecule has 0 heterocycles. The van der Waals surface area contributed by atoms with Crippen molar-refractivity contribution in [2.45, 2.75) is 32.7 Å². The van der Waals surface area contributed by atoms with E-state index >= 15 is 0 Å². The fourth-order valence-corrected chi connectivity index (χ4v) is 1.25. The molecule has 0 amide bonds. The minimum absolute atomic E-state index is 0.0653. The highest BCUT2D eigenvalue weighted by atomic mass is 15.1. The molecule has 0 aliphatic carbocycles. The van der Waals surface area contributed by atoms with Crippen molar-refractivity contribution in [3.05, 3.63) is 12.2 Å². The number of likely N-dealkylation sites (N-methyl/N-ethyl adjacent to an activating group) is 1. The summed E-state index contributed by atoms with van der Waals surface area (Å²) in [4.78, 5) is 2.21. The lowest BCUT2D eigenvalue weighted by atomic mass is 10.00. The van der Waals surface area contributed by atoms with E-state index in [0.717, 1.165) is 19.5 Å². The molecule has 0 aliphatic rings. The van der Waals surface area contributed by atoms with Gasteiger partial charge in [0.05, 0.1) is 0 Å². The van der Waals surface area contributed by atoms with Gasteiger partial charge in [-0.05, 0) is 27.3 Å². The summed E-state index contributed by atoms with van der Waals surface area (Å²) < 4.78 is 0. The van der Waals surface area contributed by atoms with E-state index in [1.54, 1.807) is 0 Å². The zero-order chi connectivity index (χ0) is 9.78. The summed E-state index contributed by atoms with van der Waals surface area (Å²) in [5, 5.41) is 0. The van der Waals surface area contributed by atoms with Crippen LogP contribution >= 0.6 is 0 Å². The van der Waals surface area contributed by atoms with E-state index in [-0.39, 0.29) is 5.54 Å². The van der Waals surface area contributed by atoms with Crippen molar-refractivity contribution in [2.24, 2.45) is 5.73 Å². The average Bonchev–Trinajstić information content (AvgIpc) is 1.84. The molecule has 0 aliphatic heterocycles. The summed E-state index contributed by atoms with van der Waals surface area (Å²) in [7, 11) is 2.08. The first-order valence-electron chi connectivity index (χ1n) is 4.49. The van der Waals surface area contributed by atoms with Crippen LogP contribution in [-0.2, 0) is 0 Å². The van der Waals surface area contributed by atoms with E-state index in [1.165, 1.54) is 5.57 Å². The van der Waals surface area contributed by atoms with E-state index in [4.69, 9.17) is 5.73 Å². The maximum atomic E-state index is 6.02. The molecular formula is C10H22N2. The normalized spacial score (nSPS) is 16.2. The Morgan fingerprint density at radius 1 is 1.58 bits per heavy atom. The van der Waals surface area contributed by atoms with E-state index in [1.807, 2.05) is 6.92 Å². The Hall–Kier alpha value is -0.340. The summed E-state index contributed by atoms with van der Waals surface area (Å²) in [6.45, 7) is 12.0. The Bertz CT molecular complexity index is 150. The Balaban J connectivity index is 3.83. The molecule has 12 heavy (non-hydrogen) atoms. The first-order chi connectivity index (χ1) is 5.37. The van der Waals surface area contributed by atoms with Crippen LogP contribution in [-0.4, -0.2) is 30.6 Å². The number of rotatable bonds is 5. The second-order valence-corrected chi connectivity index (χ2v) is 4.14. The lowest BCUT2D eigenvalue weighted by Crippen LogP contribution is -2.46. The zero-order valence-corrected chi connectivity index (χ0v) is 8.85. The van der Waals surface area contributed by atoms with Crippen LogP contribution < -0.4 is 5.73 Å². The van der Waals surface area contributed by atoms with Crippen molar-refractivity contribution >= 4 is 0 Å². The van der Waals surface area contributed by atoms with Gasteiger partial charge in [-0.1, -0.05) is 19.1 Å². The van der Waals surface area contributed by atoms with Crippen LogP contribution in [0.5, 0.6) is 0 Å². The molecule has 1 unspecified atom stereocenters. The lowest BCUT2D eigenvalue weighted by molar-refractivity contribution is 0.269. The van der Waals surface area contributed by atoms with E-state index < -0.39 is 0 Å². The molecule has 0 saturated carbocycles. The quantitative estimate of drug-likeness (QED) is 0.635. The average molecular weight is 170 g/mol. The maximum absolute atomic E-state index is 6.02. The molecule has 0 aromatic heterocycles. The molecule has 0 rings (SSSR count). The zero-order valence-electron chi connectivity index (χ0n) is 8.85. The number of hydrogen-bond acceptors (Lipinski definition) is 2. The standard InChI is InChI=1S/C10H22N2/c1-6-10(4,11)8-12(5)7-9(2)3/h2,6-8,11H2,1,3-5H3. The summed E-state index contributed by atoms with van der Waals surface area (Å²) in [6.07, 6.45) is 1.01. The topological polar surface area (TPSA) is 29.3 Å². The fourth-order valence-electron chi connectivity index (χ4n) is 1.25. The number of nitrogens with zero attached hydrogens (tertiary/aromatic N) is 1. The van der Waals surface area contributed by atoms with Gasteiger partial charge in [-0.15, -0.1) is 0 Å². The third-order valence-electron chi connectivity index (χ3n) is 1.98. The van der Waals surface area contributed by atoms with Crippen molar-refractivity contribution in [3.63, 3.8) is 0 Å². The van der Waals surface area contributed by atoms with Crippen molar-refractivity contribution in [3.8, 4) is 0 Å². The molecule has 0 spiro atoms. The summed E-state index contributed by atoms with van der Waals surface area (Å²) in [5.41, 5.74) is 7.14. The van der Waals surface area contributed by atoms with Crippen LogP contribution in [0.15, 0.2) is 12.2 Å². The first kappa shape index (κ1) is 11.7.